The standard InChI is InChI=1S/C13H16N6S/c1-8-16-12(11-4-7-20-13(11)17-8)14-5-6-19-10(3)15-9(2)18-19/h4,7H,5-6H2,1-3H3,(H,14,16,17). The summed E-state index contributed by atoms with van der Waals surface area (Å²) in [6, 6.07) is 2.05. The van der Waals surface area contributed by atoms with Crippen LogP contribution in [0.1, 0.15) is 17.5 Å². The Bertz CT molecular complexity index is 744. The van der Waals surface area contributed by atoms with Crippen molar-refractivity contribution in [2.24, 2.45) is 0 Å². The van der Waals surface area contributed by atoms with Crippen molar-refractivity contribution in [3.05, 3.63) is 28.9 Å². The number of fused-ring (bicyclic) bond motifs is 1. The zero-order chi connectivity index (χ0) is 14.1. The molecule has 3 aromatic rings. The first-order chi connectivity index (χ1) is 9.63. The molecule has 0 atom stereocenters. The molecule has 0 aliphatic rings. The predicted octanol–water partition coefficient (Wildman–Crippen LogP) is 2.32. The van der Waals surface area contributed by atoms with Gasteiger partial charge < -0.3 is 5.32 Å². The van der Waals surface area contributed by atoms with Crippen molar-refractivity contribution in [2.45, 2.75) is 27.3 Å². The number of hydrogen-bond donors (Lipinski definition) is 1. The Morgan fingerprint density at radius 1 is 1.15 bits per heavy atom. The number of aryl methyl sites for hydroxylation is 3. The molecule has 1 N–H and O–H groups in total. The summed E-state index contributed by atoms with van der Waals surface area (Å²) in [6.45, 7) is 7.30. The van der Waals surface area contributed by atoms with E-state index in [4.69, 9.17) is 0 Å². The first-order valence-electron chi connectivity index (χ1n) is 6.47. The maximum Gasteiger partial charge on any atom is 0.147 e. The highest BCUT2D eigenvalue weighted by molar-refractivity contribution is 7.16. The molecule has 0 radical (unpaired) electrons. The van der Waals surface area contributed by atoms with Gasteiger partial charge in [-0.25, -0.2) is 19.6 Å². The van der Waals surface area contributed by atoms with Crippen molar-refractivity contribution in [1.29, 1.82) is 0 Å². The summed E-state index contributed by atoms with van der Waals surface area (Å²) in [7, 11) is 0. The topological polar surface area (TPSA) is 68.5 Å². The van der Waals surface area contributed by atoms with Gasteiger partial charge in [0, 0.05) is 6.54 Å². The molecule has 3 aromatic heterocycles. The number of hydrogen-bond acceptors (Lipinski definition) is 6. The van der Waals surface area contributed by atoms with E-state index in [1.165, 1.54) is 0 Å². The molecule has 20 heavy (non-hydrogen) atoms. The van der Waals surface area contributed by atoms with Crippen LogP contribution in [0, 0.1) is 20.8 Å². The van der Waals surface area contributed by atoms with Crippen molar-refractivity contribution in [3.63, 3.8) is 0 Å². The highest BCUT2D eigenvalue weighted by Gasteiger charge is 2.07. The molecule has 3 rings (SSSR count). The third-order valence-electron chi connectivity index (χ3n) is 3.02. The number of aromatic nitrogens is 5. The second kappa shape index (κ2) is 5.16. The van der Waals surface area contributed by atoms with Crippen LogP contribution in [0.5, 0.6) is 0 Å². The minimum atomic E-state index is 0.755. The number of nitrogens with zero attached hydrogens (tertiary/aromatic N) is 5. The molecule has 0 aromatic carbocycles. The van der Waals surface area contributed by atoms with Crippen molar-refractivity contribution < 1.29 is 0 Å². The fourth-order valence-electron chi connectivity index (χ4n) is 2.15. The Balaban J connectivity index is 1.74. The summed E-state index contributed by atoms with van der Waals surface area (Å²) >= 11 is 1.63. The minimum absolute atomic E-state index is 0.755. The van der Waals surface area contributed by atoms with Gasteiger partial charge in [0.25, 0.3) is 0 Å². The van der Waals surface area contributed by atoms with E-state index in [0.717, 1.165) is 46.6 Å². The SMILES string of the molecule is Cc1nc(NCCn2nc(C)nc2C)c2ccsc2n1. The highest BCUT2D eigenvalue weighted by Crippen LogP contribution is 2.24. The molecule has 0 bridgehead atoms. The summed E-state index contributed by atoms with van der Waals surface area (Å²) in [6.07, 6.45) is 0. The van der Waals surface area contributed by atoms with Crippen molar-refractivity contribution in [2.75, 3.05) is 11.9 Å². The van der Waals surface area contributed by atoms with Gasteiger partial charge in [0.2, 0.25) is 0 Å². The number of anilines is 1. The molecular weight excluding hydrogens is 272 g/mol. The molecule has 3 heterocycles. The highest BCUT2D eigenvalue weighted by atomic mass is 32.1. The molecule has 0 spiro atoms. The predicted molar refractivity (Wildman–Crippen MR) is 80.1 cm³/mol. The largest absolute Gasteiger partial charge is 0.368 e. The van der Waals surface area contributed by atoms with Crippen LogP contribution in [0.4, 0.5) is 5.82 Å². The van der Waals surface area contributed by atoms with Gasteiger partial charge in [0.05, 0.1) is 11.9 Å². The first-order valence-corrected chi connectivity index (χ1v) is 7.35. The van der Waals surface area contributed by atoms with Gasteiger partial charge >= 0.3 is 0 Å². The molecule has 0 amide bonds. The lowest BCUT2D eigenvalue weighted by Gasteiger charge is -2.08. The number of nitrogens with one attached hydrogen (secondary N) is 1. The van der Waals surface area contributed by atoms with Crippen LogP contribution in [0.25, 0.3) is 10.2 Å². The Morgan fingerprint density at radius 2 is 2.00 bits per heavy atom. The fourth-order valence-corrected chi connectivity index (χ4v) is 2.96. The van der Waals surface area contributed by atoms with E-state index >= 15 is 0 Å². The van der Waals surface area contributed by atoms with Crippen molar-refractivity contribution in [1.82, 2.24) is 24.7 Å². The van der Waals surface area contributed by atoms with E-state index in [0.29, 0.717) is 0 Å². The normalized spacial score (nSPS) is 11.2. The third-order valence-corrected chi connectivity index (χ3v) is 3.82. The number of thiophene rings is 1. The monoisotopic (exact) mass is 288 g/mol. The fraction of sp³-hybridized carbons (Fsp3) is 0.385. The molecule has 0 saturated heterocycles. The average molecular weight is 288 g/mol. The Hall–Kier alpha value is -2.02. The molecule has 6 nitrogen and oxygen atoms in total. The molecule has 104 valence electrons. The molecular formula is C13H16N6S. The summed E-state index contributed by atoms with van der Waals surface area (Å²) in [4.78, 5) is 14.2. The molecule has 0 aliphatic carbocycles. The van der Waals surface area contributed by atoms with Crippen LogP contribution in [-0.4, -0.2) is 31.3 Å². The maximum atomic E-state index is 4.47. The van der Waals surface area contributed by atoms with Gasteiger partial charge in [0.15, 0.2) is 0 Å². The van der Waals surface area contributed by atoms with E-state index in [1.807, 2.05) is 36.9 Å². The van der Waals surface area contributed by atoms with E-state index in [2.05, 4.69) is 25.4 Å². The van der Waals surface area contributed by atoms with Gasteiger partial charge in [-0.2, -0.15) is 5.10 Å². The van der Waals surface area contributed by atoms with Crippen molar-refractivity contribution >= 4 is 27.4 Å². The zero-order valence-corrected chi connectivity index (χ0v) is 12.5. The molecule has 0 aliphatic heterocycles. The Morgan fingerprint density at radius 3 is 2.75 bits per heavy atom. The van der Waals surface area contributed by atoms with Crippen LogP contribution in [0.3, 0.4) is 0 Å². The molecule has 0 unspecified atom stereocenters. The molecule has 0 saturated carbocycles. The van der Waals surface area contributed by atoms with Gasteiger partial charge in [-0.15, -0.1) is 11.3 Å². The van der Waals surface area contributed by atoms with Crippen molar-refractivity contribution in [3.8, 4) is 0 Å². The van der Waals surface area contributed by atoms with E-state index < -0.39 is 0 Å². The second-order valence-electron chi connectivity index (χ2n) is 4.62. The summed E-state index contributed by atoms with van der Waals surface area (Å²) in [5.74, 6) is 3.42. The van der Waals surface area contributed by atoms with Gasteiger partial charge in [-0.05, 0) is 32.2 Å². The van der Waals surface area contributed by atoms with E-state index in [1.54, 1.807) is 11.3 Å². The zero-order valence-electron chi connectivity index (χ0n) is 11.7. The Labute approximate surface area is 120 Å². The van der Waals surface area contributed by atoms with Gasteiger partial charge in [0.1, 0.15) is 28.1 Å². The van der Waals surface area contributed by atoms with Crippen LogP contribution in [-0.2, 0) is 6.54 Å². The smallest absolute Gasteiger partial charge is 0.147 e. The van der Waals surface area contributed by atoms with Gasteiger partial charge in [-0.3, -0.25) is 0 Å². The number of rotatable bonds is 4. The second-order valence-corrected chi connectivity index (χ2v) is 5.51. The minimum Gasteiger partial charge on any atom is -0.368 e. The lowest BCUT2D eigenvalue weighted by atomic mass is 10.3. The van der Waals surface area contributed by atoms with Crippen LogP contribution in [0.2, 0.25) is 0 Å². The van der Waals surface area contributed by atoms with E-state index in [9.17, 15) is 0 Å². The lowest BCUT2D eigenvalue weighted by Crippen LogP contribution is -2.14. The molecule has 0 fully saturated rings. The van der Waals surface area contributed by atoms with Crippen LogP contribution in [0.15, 0.2) is 11.4 Å². The van der Waals surface area contributed by atoms with Crippen LogP contribution < -0.4 is 5.32 Å². The van der Waals surface area contributed by atoms with Crippen LogP contribution >= 0.6 is 11.3 Å². The van der Waals surface area contributed by atoms with Gasteiger partial charge in [-0.1, -0.05) is 0 Å². The average Bonchev–Trinajstić information content (AvgIpc) is 2.96. The maximum absolute atomic E-state index is 4.47. The third kappa shape index (κ3) is 2.49. The molecule has 7 heteroatoms. The lowest BCUT2D eigenvalue weighted by molar-refractivity contribution is 0.612. The summed E-state index contributed by atoms with van der Waals surface area (Å²) < 4.78 is 1.90. The first kappa shape index (κ1) is 13.0. The quantitative estimate of drug-likeness (QED) is 0.798. The summed E-state index contributed by atoms with van der Waals surface area (Å²) in [5.41, 5.74) is 0. The summed E-state index contributed by atoms with van der Waals surface area (Å²) in [5, 5.41) is 10.8. The Kier molecular flexibility index (Phi) is 3.35. The van der Waals surface area contributed by atoms with E-state index in [-0.39, 0.29) is 0 Å².